The number of sulfonamides is 1. The number of halogens is 1. The average Bonchev–Trinajstić information content (AvgIpc) is 3.16. The van der Waals surface area contributed by atoms with Gasteiger partial charge >= 0.3 is 0 Å². The fraction of sp³-hybridized carbons (Fsp3) is 0.733. The fourth-order valence-corrected chi connectivity index (χ4v) is 5.33. The summed E-state index contributed by atoms with van der Waals surface area (Å²) in [5.74, 6) is 1.20. The Morgan fingerprint density at radius 2 is 1.86 bits per heavy atom. The summed E-state index contributed by atoms with van der Waals surface area (Å²) < 4.78 is 29.4. The molecule has 1 aromatic heterocycles. The number of hydrogen-bond donors (Lipinski definition) is 0. The van der Waals surface area contributed by atoms with E-state index < -0.39 is 10.0 Å². The Hall–Kier alpha value is -0.520. The first-order valence-corrected chi connectivity index (χ1v) is 9.66. The molecule has 2 unspecified atom stereocenters. The summed E-state index contributed by atoms with van der Waals surface area (Å²) in [7, 11) is -3.39. The molecule has 3 rings (SSSR count). The van der Waals surface area contributed by atoms with Crippen molar-refractivity contribution in [1.82, 2.24) is 8.87 Å². The Labute approximate surface area is 132 Å². The molecule has 2 aliphatic rings. The lowest BCUT2D eigenvalue weighted by Gasteiger charge is -2.33. The molecule has 0 spiro atoms. The Morgan fingerprint density at radius 3 is 2.38 bits per heavy atom. The van der Waals surface area contributed by atoms with E-state index in [0.29, 0.717) is 41.7 Å². The van der Waals surface area contributed by atoms with Crippen molar-refractivity contribution in [3.63, 3.8) is 0 Å². The maximum absolute atomic E-state index is 12.9. The molecule has 0 bridgehead atoms. The molecular weight excluding hydrogens is 308 g/mol. The maximum Gasteiger partial charge on any atom is 0.244 e. The van der Waals surface area contributed by atoms with Gasteiger partial charge in [-0.25, -0.2) is 8.42 Å². The standard InChI is InChI=1S/C15H23ClN2O2S/c1-11-5-12(2)9-17(8-11)21(19,20)15-6-14(7-16)18(10-15)13-3-4-13/h6,10-13H,3-5,7-9H2,1-2H3. The van der Waals surface area contributed by atoms with Crippen LogP contribution in [-0.2, 0) is 15.9 Å². The van der Waals surface area contributed by atoms with Gasteiger partial charge in [0.05, 0.1) is 5.88 Å². The number of nitrogens with zero attached hydrogens (tertiary/aromatic N) is 2. The second-order valence-electron chi connectivity index (χ2n) is 6.71. The van der Waals surface area contributed by atoms with Crippen molar-refractivity contribution in [1.29, 1.82) is 0 Å². The quantitative estimate of drug-likeness (QED) is 0.795. The highest BCUT2D eigenvalue weighted by Gasteiger charge is 2.34. The van der Waals surface area contributed by atoms with Gasteiger partial charge in [0.2, 0.25) is 10.0 Å². The molecule has 21 heavy (non-hydrogen) atoms. The Bertz CT molecular complexity index is 612. The van der Waals surface area contributed by atoms with E-state index in [0.717, 1.165) is 25.0 Å². The molecule has 0 amide bonds. The molecule has 2 fully saturated rings. The normalized spacial score (nSPS) is 28.0. The van der Waals surface area contributed by atoms with Crippen LogP contribution in [0.25, 0.3) is 0 Å². The highest BCUT2D eigenvalue weighted by Crippen LogP contribution is 2.38. The van der Waals surface area contributed by atoms with Crippen LogP contribution in [-0.4, -0.2) is 30.4 Å². The molecule has 1 aromatic rings. The van der Waals surface area contributed by atoms with Crippen LogP contribution in [0.1, 0.15) is 44.8 Å². The van der Waals surface area contributed by atoms with E-state index in [1.54, 1.807) is 16.6 Å². The van der Waals surface area contributed by atoms with Gasteiger partial charge in [-0.05, 0) is 37.2 Å². The Kier molecular flexibility index (Phi) is 4.10. The van der Waals surface area contributed by atoms with Gasteiger partial charge in [0.25, 0.3) is 0 Å². The lowest BCUT2D eigenvalue weighted by atomic mass is 9.94. The minimum Gasteiger partial charge on any atom is -0.346 e. The lowest BCUT2D eigenvalue weighted by molar-refractivity contribution is 0.222. The third kappa shape index (κ3) is 3.01. The SMILES string of the molecule is CC1CC(C)CN(S(=O)(=O)c2cc(CCl)n(C3CC3)c2)C1. The van der Waals surface area contributed by atoms with E-state index in [1.807, 2.05) is 0 Å². The van der Waals surface area contributed by atoms with Crippen LogP contribution in [0.2, 0.25) is 0 Å². The van der Waals surface area contributed by atoms with Crippen LogP contribution in [0, 0.1) is 11.8 Å². The van der Waals surface area contributed by atoms with Crippen LogP contribution >= 0.6 is 11.6 Å². The van der Waals surface area contributed by atoms with Crippen molar-refractivity contribution in [3.8, 4) is 0 Å². The number of hydrogen-bond acceptors (Lipinski definition) is 2. The van der Waals surface area contributed by atoms with Crippen LogP contribution in [0.3, 0.4) is 0 Å². The van der Waals surface area contributed by atoms with E-state index in [9.17, 15) is 8.42 Å². The summed E-state index contributed by atoms with van der Waals surface area (Å²) in [6, 6.07) is 2.20. The van der Waals surface area contributed by atoms with Crippen LogP contribution < -0.4 is 0 Å². The van der Waals surface area contributed by atoms with Gasteiger partial charge in [0, 0.05) is 31.0 Å². The second-order valence-corrected chi connectivity index (χ2v) is 8.91. The summed E-state index contributed by atoms with van der Waals surface area (Å²) in [5.41, 5.74) is 0.913. The van der Waals surface area contributed by atoms with Gasteiger partial charge in [0.15, 0.2) is 0 Å². The largest absolute Gasteiger partial charge is 0.346 e. The van der Waals surface area contributed by atoms with Gasteiger partial charge in [0.1, 0.15) is 4.90 Å². The van der Waals surface area contributed by atoms with Gasteiger partial charge < -0.3 is 4.57 Å². The van der Waals surface area contributed by atoms with Crippen molar-refractivity contribution in [3.05, 3.63) is 18.0 Å². The predicted molar refractivity (Wildman–Crippen MR) is 84.0 cm³/mol. The number of aromatic nitrogens is 1. The van der Waals surface area contributed by atoms with Gasteiger partial charge in [-0.3, -0.25) is 0 Å². The first-order chi connectivity index (χ1) is 9.91. The average molecular weight is 331 g/mol. The molecule has 1 aliphatic carbocycles. The zero-order valence-corrected chi connectivity index (χ0v) is 14.2. The number of rotatable bonds is 4. The summed E-state index contributed by atoms with van der Waals surface area (Å²) in [4.78, 5) is 0.409. The third-order valence-corrected chi connectivity index (χ3v) is 6.53. The molecule has 1 saturated carbocycles. The van der Waals surface area contributed by atoms with Crippen molar-refractivity contribution in [2.45, 2.75) is 49.9 Å². The smallest absolute Gasteiger partial charge is 0.244 e. The van der Waals surface area contributed by atoms with Gasteiger partial charge in [-0.2, -0.15) is 4.31 Å². The van der Waals surface area contributed by atoms with E-state index in [-0.39, 0.29) is 0 Å². The van der Waals surface area contributed by atoms with Crippen LogP contribution in [0.4, 0.5) is 0 Å². The van der Waals surface area contributed by atoms with E-state index >= 15 is 0 Å². The number of alkyl halides is 1. The highest BCUT2D eigenvalue weighted by molar-refractivity contribution is 7.89. The lowest BCUT2D eigenvalue weighted by Crippen LogP contribution is -2.42. The molecule has 4 nitrogen and oxygen atoms in total. The van der Waals surface area contributed by atoms with Gasteiger partial charge in [-0.15, -0.1) is 11.6 Å². The van der Waals surface area contributed by atoms with Crippen LogP contribution in [0.15, 0.2) is 17.2 Å². The molecule has 1 aliphatic heterocycles. The van der Waals surface area contributed by atoms with Crippen molar-refractivity contribution < 1.29 is 8.42 Å². The molecule has 6 heteroatoms. The summed E-state index contributed by atoms with van der Waals surface area (Å²) >= 11 is 5.97. The van der Waals surface area contributed by atoms with Crippen molar-refractivity contribution in [2.24, 2.45) is 11.8 Å². The first kappa shape index (κ1) is 15.4. The topological polar surface area (TPSA) is 42.3 Å². The zero-order chi connectivity index (χ0) is 15.2. The zero-order valence-electron chi connectivity index (χ0n) is 12.6. The second kappa shape index (κ2) is 5.60. The molecule has 2 heterocycles. The van der Waals surface area contributed by atoms with Crippen LogP contribution in [0.5, 0.6) is 0 Å². The summed E-state index contributed by atoms with van der Waals surface area (Å²) in [6.45, 7) is 5.49. The van der Waals surface area contributed by atoms with Crippen molar-refractivity contribution >= 4 is 21.6 Å². The molecule has 0 N–H and O–H groups in total. The summed E-state index contributed by atoms with van der Waals surface area (Å²) in [5, 5.41) is 0. The molecule has 0 radical (unpaired) electrons. The van der Waals surface area contributed by atoms with E-state index in [4.69, 9.17) is 11.6 Å². The predicted octanol–water partition coefficient (Wildman–Crippen LogP) is 3.23. The molecule has 1 saturated heterocycles. The minimum absolute atomic E-state index is 0.360. The molecule has 0 aromatic carbocycles. The van der Waals surface area contributed by atoms with Gasteiger partial charge in [-0.1, -0.05) is 13.8 Å². The Balaban J connectivity index is 1.90. The van der Waals surface area contributed by atoms with E-state index in [2.05, 4.69) is 18.4 Å². The number of piperidine rings is 1. The molecule has 118 valence electrons. The molecular formula is C15H23ClN2O2S. The summed E-state index contributed by atoms with van der Waals surface area (Å²) in [6.07, 6.45) is 5.13. The monoisotopic (exact) mass is 330 g/mol. The van der Waals surface area contributed by atoms with E-state index in [1.165, 1.54) is 0 Å². The third-order valence-electron chi connectivity index (χ3n) is 4.46. The van der Waals surface area contributed by atoms with Crippen molar-refractivity contribution in [2.75, 3.05) is 13.1 Å². The Morgan fingerprint density at radius 1 is 1.24 bits per heavy atom. The highest BCUT2D eigenvalue weighted by atomic mass is 35.5. The molecule has 2 atom stereocenters. The first-order valence-electron chi connectivity index (χ1n) is 7.68. The maximum atomic E-state index is 12.9. The fourth-order valence-electron chi connectivity index (χ4n) is 3.39. The minimum atomic E-state index is -3.39.